The van der Waals surface area contributed by atoms with Crippen molar-refractivity contribution < 1.29 is 9.53 Å². The molecule has 1 aliphatic rings. The van der Waals surface area contributed by atoms with Crippen molar-refractivity contribution in [1.29, 1.82) is 5.26 Å². The highest BCUT2D eigenvalue weighted by Crippen LogP contribution is 2.44. The highest BCUT2D eigenvalue weighted by molar-refractivity contribution is 5.79. The zero-order valence-corrected chi connectivity index (χ0v) is 17.1. The van der Waals surface area contributed by atoms with E-state index in [4.69, 9.17) is 10.00 Å². The van der Waals surface area contributed by atoms with Gasteiger partial charge in [-0.2, -0.15) is 5.26 Å². The normalized spacial score (nSPS) is 11.5. The molecule has 4 rings (SSSR count). The number of benzene rings is 3. The fourth-order valence-corrected chi connectivity index (χ4v) is 3.92. The lowest BCUT2D eigenvalue weighted by Gasteiger charge is -2.14. The molecule has 3 aromatic rings. The molecule has 0 aromatic heterocycles. The Morgan fingerprint density at radius 2 is 1.58 bits per heavy atom. The van der Waals surface area contributed by atoms with E-state index in [2.05, 4.69) is 47.5 Å². The van der Waals surface area contributed by atoms with Gasteiger partial charge in [0.05, 0.1) is 12.5 Å². The minimum Gasteiger partial charge on any atom is -0.449 e. The number of nitriles is 1. The summed E-state index contributed by atoms with van der Waals surface area (Å²) in [6.07, 6.45) is 0.405. The first-order valence-corrected chi connectivity index (χ1v) is 10.3. The average Bonchev–Trinajstić information content (AvgIpc) is 3.12. The third-order valence-corrected chi connectivity index (χ3v) is 5.37. The maximum Gasteiger partial charge on any atom is 0.407 e. The van der Waals surface area contributed by atoms with E-state index in [-0.39, 0.29) is 5.92 Å². The van der Waals surface area contributed by atoms with Gasteiger partial charge in [0.2, 0.25) is 0 Å². The van der Waals surface area contributed by atoms with Gasteiger partial charge in [0.1, 0.15) is 6.61 Å². The highest BCUT2D eigenvalue weighted by Gasteiger charge is 2.28. The number of fused-ring (bicyclic) bond motifs is 3. The molecule has 4 heteroatoms. The van der Waals surface area contributed by atoms with Crippen LogP contribution in [0.3, 0.4) is 0 Å². The number of amides is 1. The predicted molar refractivity (Wildman–Crippen MR) is 120 cm³/mol. The smallest absolute Gasteiger partial charge is 0.407 e. The maximum absolute atomic E-state index is 12.2. The first-order valence-electron chi connectivity index (χ1n) is 10.3. The molecule has 1 aliphatic carbocycles. The largest absolute Gasteiger partial charge is 0.449 e. The molecule has 1 amide bonds. The predicted octanol–water partition coefficient (Wildman–Crippen LogP) is 5.03. The van der Waals surface area contributed by atoms with Gasteiger partial charge in [-0.05, 0) is 33.9 Å². The van der Waals surface area contributed by atoms with E-state index in [0.717, 1.165) is 11.1 Å². The van der Waals surface area contributed by atoms with Crippen LogP contribution in [0.1, 0.15) is 34.6 Å². The van der Waals surface area contributed by atoms with Gasteiger partial charge in [-0.1, -0.05) is 78.6 Å². The molecule has 0 bridgehead atoms. The Hall–Kier alpha value is -4.02. The lowest BCUT2D eigenvalue weighted by molar-refractivity contribution is 0.143. The summed E-state index contributed by atoms with van der Waals surface area (Å²) in [5.41, 5.74) is 6.57. The van der Waals surface area contributed by atoms with E-state index in [1.807, 2.05) is 48.5 Å². The molecule has 152 valence electrons. The third-order valence-electron chi connectivity index (χ3n) is 5.37. The van der Waals surface area contributed by atoms with Gasteiger partial charge in [0.15, 0.2) is 0 Å². The molecule has 4 nitrogen and oxygen atoms in total. The van der Waals surface area contributed by atoms with Crippen molar-refractivity contribution in [3.8, 4) is 29.0 Å². The molecule has 0 unspecified atom stereocenters. The molecule has 31 heavy (non-hydrogen) atoms. The lowest BCUT2D eigenvalue weighted by Crippen LogP contribution is -2.26. The summed E-state index contributed by atoms with van der Waals surface area (Å²) in [4.78, 5) is 12.2. The lowest BCUT2D eigenvalue weighted by atomic mass is 9.98. The summed E-state index contributed by atoms with van der Waals surface area (Å²) in [7, 11) is 0. The van der Waals surface area contributed by atoms with Gasteiger partial charge in [0, 0.05) is 24.4 Å². The fraction of sp³-hybridized carbons (Fsp3) is 0.185. The monoisotopic (exact) mass is 406 g/mol. The number of rotatable bonds is 5. The number of carbonyl (C=O) groups excluding carboxylic acids is 1. The SMILES string of the molecule is N#CCc1ccccc1C#CCCNC(=O)OCC1c2ccccc2-c2ccccc21. The molecule has 0 heterocycles. The van der Waals surface area contributed by atoms with Crippen LogP contribution in [0.5, 0.6) is 0 Å². The van der Waals surface area contributed by atoms with Gasteiger partial charge >= 0.3 is 6.09 Å². The van der Waals surface area contributed by atoms with E-state index < -0.39 is 6.09 Å². The van der Waals surface area contributed by atoms with E-state index in [1.54, 1.807) is 0 Å². The Bertz CT molecular complexity index is 1150. The Balaban J connectivity index is 1.29. The second-order valence-corrected chi connectivity index (χ2v) is 7.30. The van der Waals surface area contributed by atoms with Crippen molar-refractivity contribution in [2.45, 2.75) is 18.8 Å². The summed E-state index contributed by atoms with van der Waals surface area (Å²) in [5.74, 6) is 6.18. The minimum absolute atomic E-state index is 0.0505. The third kappa shape index (κ3) is 4.60. The van der Waals surface area contributed by atoms with E-state index in [0.29, 0.717) is 26.0 Å². The quantitative estimate of drug-likeness (QED) is 0.477. The summed E-state index contributed by atoms with van der Waals surface area (Å²) < 4.78 is 5.52. The van der Waals surface area contributed by atoms with Crippen LogP contribution >= 0.6 is 0 Å². The number of carbonyl (C=O) groups is 1. The van der Waals surface area contributed by atoms with Crippen molar-refractivity contribution in [3.05, 3.63) is 95.1 Å². The highest BCUT2D eigenvalue weighted by atomic mass is 16.5. The van der Waals surface area contributed by atoms with Crippen LogP contribution in [0.25, 0.3) is 11.1 Å². The van der Waals surface area contributed by atoms with Gasteiger partial charge in [0.25, 0.3) is 0 Å². The Morgan fingerprint density at radius 1 is 0.935 bits per heavy atom. The number of hydrogen-bond acceptors (Lipinski definition) is 3. The molecule has 3 aromatic carbocycles. The van der Waals surface area contributed by atoms with Crippen LogP contribution in [-0.2, 0) is 11.2 Å². The summed E-state index contributed by atoms with van der Waals surface area (Å²) in [5, 5.41) is 11.7. The van der Waals surface area contributed by atoms with Crippen LogP contribution in [-0.4, -0.2) is 19.2 Å². The number of hydrogen-bond donors (Lipinski definition) is 1. The molecule has 0 saturated heterocycles. The van der Waals surface area contributed by atoms with Crippen LogP contribution < -0.4 is 5.32 Å². The first-order chi connectivity index (χ1) is 15.3. The number of nitrogens with one attached hydrogen (secondary N) is 1. The summed E-state index contributed by atoms with van der Waals surface area (Å²) >= 11 is 0. The first kappa shape index (κ1) is 20.3. The number of nitrogens with zero attached hydrogens (tertiary/aromatic N) is 1. The summed E-state index contributed by atoms with van der Waals surface area (Å²) in [6.45, 7) is 0.706. The maximum atomic E-state index is 12.2. The summed E-state index contributed by atoms with van der Waals surface area (Å²) in [6, 6.07) is 26.3. The molecule has 0 radical (unpaired) electrons. The van der Waals surface area contributed by atoms with Gasteiger partial charge in [-0.3, -0.25) is 0 Å². The molecule has 0 aliphatic heterocycles. The van der Waals surface area contributed by atoms with Crippen LogP contribution in [0.4, 0.5) is 4.79 Å². The molecule has 1 N–H and O–H groups in total. The molecule has 0 spiro atoms. The number of ether oxygens (including phenoxy) is 1. The van der Waals surface area contributed by atoms with E-state index >= 15 is 0 Å². The topological polar surface area (TPSA) is 62.1 Å². The van der Waals surface area contributed by atoms with Crippen molar-refractivity contribution in [3.63, 3.8) is 0 Å². The zero-order valence-electron chi connectivity index (χ0n) is 17.1. The Labute approximate surface area is 182 Å². The average molecular weight is 406 g/mol. The van der Waals surface area contributed by atoms with Crippen LogP contribution in [0.15, 0.2) is 72.8 Å². The second-order valence-electron chi connectivity index (χ2n) is 7.30. The second kappa shape index (κ2) is 9.65. The number of alkyl carbamates (subject to hydrolysis) is 1. The zero-order chi connectivity index (χ0) is 21.5. The van der Waals surface area contributed by atoms with Crippen molar-refractivity contribution >= 4 is 6.09 Å². The molecule has 0 atom stereocenters. The Morgan fingerprint density at radius 3 is 2.29 bits per heavy atom. The van der Waals surface area contributed by atoms with Gasteiger partial charge < -0.3 is 10.1 Å². The van der Waals surface area contributed by atoms with Crippen molar-refractivity contribution in [1.82, 2.24) is 5.32 Å². The van der Waals surface area contributed by atoms with Gasteiger partial charge in [-0.15, -0.1) is 0 Å². The van der Waals surface area contributed by atoms with Crippen LogP contribution in [0.2, 0.25) is 0 Å². The molecular weight excluding hydrogens is 384 g/mol. The van der Waals surface area contributed by atoms with E-state index in [1.165, 1.54) is 22.3 Å². The van der Waals surface area contributed by atoms with Crippen molar-refractivity contribution in [2.75, 3.05) is 13.2 Å². The van der Waals surface area contributed by atoms with E-state index in [9.17, 15) is 4.79 Å². The molecule has 0 saturated carbocycles. The van der Waals surface area contributed by atoms with Crippen molar-refractivity contribution in [2.24, 2.45) is 0 Å². The Kier molecular flexibility index (Phi) is 6.31. The standard InChI is InChI=1S/C27H22N2O2/c28-17-16-21-10-2-1-9-20(21)11-7-8-18-29-27(30)31-19-26-24-14-5-3-12-22(24)23-13-4-6-15-25(23)26/h1-6,9-10,12-15,26H,8,16,18-19H2,(H,29,30). The molecule has 0 fully saturated rings. The van der Waals surface area contributed by atoms with Gasteiger partial charge in [-0.25, -0.2) is 4.79 Å². The molecular formula is C27H22N2O2. The fourth-order valence-electron chi connectivity index (χ4n) is 3.92. The minimum atomic E-state index is -0.437. The van der Waals surface area contributed by atoms with Crippen LogP contribution in [0, 0.1) is 23.2 Å².